The van der Waals surface area contributed by atoms with Gasteiger partial charge in [0.2, 0.25) is 0 Å². The number of nitrogens with zero attached hydrogens (tertiary/aromatic N) is 5. The summed E-state index contributed by atoms with van der Waals surface area (Å²) in [6.07, 6.45) is 14.6. The Bertz CT molecular complexity index is 1420. The first kappa shape index (κ1) is 25.6. The summed E-state index contributed by atoms with van der Waals surface area (Å²) in [4.78, 5) is 27.3. The van der Waals surface area contributed by atoms with Crippen molar-refractivity contribution < 1.29 is 4.79 Å². The van der Waals surface area contributed by atoms with E-state index < -0.39 is 0 Å². The number of aromatic amines is 1. The number of amides is 1. The quantitative estimate of drug-likeness (QED) is 0.326. The third kappa shape index (κ3) is 6.34. The van der Waals surface area contributed by atoms with E-state index in [-0.39, 0.29) is 5.91 Å². The number of fused-ring (bicyclic) bond motifs is 1. The fourth-order valence-corrected chi connectivity index (χ4v) is 5.83. The molecule has 0 radical (unpaired) electrons. The van der Waals surface area contributed by atoms with Crippen molar-refractivity contribution in [1.29, 1.82) is 0 Å². The number of carbonyl (C=O) groups excluding carboxylic acids is 1. The van der Waals surface area contributed by atoms with Crippen LogP contribution in [0, 0.1) is 0 Å². The van der Waals surface area contributed by atoms with Crippen molar-refractivity contribution in [1.82, 2.24) is 30.0 Å². The lowest BCUT2D eigenvalue weighted by molar-refractivity contribution is 0.102. The minimum atomic E-state index is -0.235. The van der Waals surface area contributed by atoms with Crippen molar-refractivity contribution in [3.05, 3.63) is 71.9 Å². The highest BCUT2D eigenvalue weighted by Crippen LogP contribution is 2.27. The number of nitrogens with one attached hydrogen (secondary N) is 2. The molecule has 8 heteroatoms. The van der Waals surface area contributed by atoms with Crippen molar-refractivity contribution >= 4 is 22.5 Å². The molecule has 0 aliphatic carbocycles. The van der Waals surface area contributed by atoms with Crippen molar-refractivity contribution in [3.8, 4) is 11.1 Å². The van der Waals surface area contributed by atoms with Gasteiger partial charge in [-0.1, -0.05) is 25.3 Å². The van der Waals surface area contributed by atoms with Gasteiger partial charge < -0.3 is 5.32 Å². The minimum absolute atomic E-state index is 0.235. The van der Waals surface area contributed by atoms with Crippen LogP contribution in [0.4, 0.5) is 5.69 Å². The molecule has 202 valence electrons. The Morgan fingerprint density at radius 2 is 1.56 bits per heavy atom. The number of benzene rings is 1. The van der Waals surface area contributed by atoms with E-state index in [1.807, 2.05) is 36.7 Å². The van der Waals surface area contributed by atoms with Crippen LogP contribution in [-0.4, -0.2) is 62.1 Å². The van der Waals surface area contributed by atoms with E-state index in [4.69, 9.17) is 0 Å². The number of piperidine rings is 1. The topological polar surface area (TPSA) is 90.0 Å². The number of pyridine rings is 2. The fraction of sp³-hybridized carbons (Fsp3) is 0.419. The summed E-state index contributed by atoms with van der Waals surface area (Å²) < 4.78 is 0. The molecule has 8 nitrogen and oxygen atoms in total. The molecule has 39 heavy (non-hydrogen) atoms. The van der Waals surface area contributed by atoms with E-state index in [2.05, 4.69) is 47.4 Å². The molecule has 0 spiro atoms. The number of carbonyl (C=O) groups is 1. The molecule has 0 unspecified atom stereocenters. The Morgan fingerprint density at radius 3 is 2.36 bits per heavy atom. The molecule has 0 bridgehead atoms. The third-order valence-electron chi connectivity index (χ3n) is 7.92. The fourth-order valence-electron chi connectivity index (χ4n) is 5.83. The summed E-state index contributed by atoms with van der Waals surface area (Å²) >= 11 is 0. The highest BCUT2D eigenvalue weighted by molar-refractivity contribution is 6.11. The second-order valence-electron chi connectivity index (χ2n) is 10.9. The molecule has 2 aliphatic heterocycles. The summed E-state index contributed by atoms with van der Waals surface area (Å²) in [5, 5.41) is 11.2. The average molecular weight is 524 g/mol. The summed E-state index contributed by atoms with van der Waals surface area (Å²) in [6, 6.07) is 12.1. The number of likely N-dealkylation sites (tertiary alicyclic amines) is 2. The number of hydrogen-bond donors (Lipinski definition) is 2. The highest BCUT2D eigenvalue weighted by Gasteiger charge is 2.17. The molecule has 2 N–H and O–H groups in total. The van der Waals surface area contributed by atoms with E-state index >= 15 is 0 Å². The van der Waals surface area contributed by atoms with Gasteiger partial charge in [-0.3, -0.25) is 29.7 Å². The van der Waals surface area contributed by atoms with Gasteiger partial charge >= 0.3 is 0 Å². The van der Waals surface area contributed by atoms with Crippen LogP contribution in [0.25, 0.3) is 22.0 Å². The number of hydrogen-bond acceptors (Lipinski definition) is 6. The molecular formula is C31H37N7O. The Hall–Kier alpha value is -3.62. The molecule has 0 saturated carbocycles. The van der Waals surface area contributed by atoms with Crippen LogP contribution in [0.3, 0.4) is 0 Å². The van der Waals surface area contributed by atoms with E-state index in [9.17, 15) is 4.79 Å². The maximum absolute atomic E-state index is 13.3. The predicted octanol–water partition coefficient (Wildman–Crippen LogP) is 5.63. The number of H-pyrrole nitrogens is 1. The smallest absolute Gasteiger partial charge is 0.276 e. The van der Waals surface area contributed by atoms with Crippen LogP contribution < -0.4 is 5.32 Å². The molecule has 0 atom stereocenters. The van der Waals surface area contributed by atoms with Gasteiger partial charge in [0.1, 0.15) is 0 Å². The van der Waals surface area contributed by atoms with Gasteiger partial charge in [0.25, 0.3) is 5.91 Å². The lowest BCUT2D eigenvalue weighted by Gasteiger charge is -2.26. The van der Waals surface area contributed by atoms with Crippen LogP contribution in [-0.2, 0) is 13.1 Å². The van der Waals surface area contributed by atoms with Crippen LogP contribution in [0.2, 0.25) is 0 Å². The number of anilines is 1. The van der Waals surface area contributed by atoms with Crippen LogP contribution >= 0.6 is 0 Å². The zero-order valence-electron chi connectivity index (χ0n) is 22.5. The third-order valence-corrected chi connectivity index (χ3v) is 7.92. The van der Waals surface area contributed by atoms with Gasteiger partial charge in [-0.05, 0) is 93.3 Å². The molecule has 5 heterocycles. The SMILES string of the molecule is O=C(Nc1ccnc(CN2CCCCC2)c1)c1n[nH]c2ccc(-c3cncc(CN4CCCCCC4)c3)cc12. The van der Waals surface area contributed by atoms with Gasteiger partial charge in [-0.25, -0.2) is 0 Å². The van der Waals surface area contributed by atoms with E-state index in [0.29, 0.717) is 5.69 Å². The van der Waals surface area contributed by atoms with Crippen LogP contribution in [0.15, 0.2) is 55.0 Å². The van der Waals surface area contributed by atoms with Crippen molar-refractivity contribution in [2.45, 2.75) is 58.0 Å². The molecule has 2 aliphatic rings. The monoisotopic (exact) mass is 523 g/mol. The first-order valence-corrected chi connectivity index (χ1v) is 14.3. The maximum atomic E-state index is 13.3. The Kier molecular flexibility index (Phi) is 7.93. The molecule has 2 fully saturated rings. The Balaban J connectivity index is 1.18. The minimum Gasteiger partial charge on any atom is -0.320 e. The summed E-state index contributed by atoms with van der Waals surface area (Å²) in [5.74, 6) is -0.235. The molecule has 1 amide bonds. The Labute approximate surface area is 229 Å². The summed E-state index contributed by atoms with van der Waals surface area (Å²) in [7, 11) is 0. The average Bonchev–Trinajstić information content (AvgIpc) is 3.22. The van der Waals surface area contributed by atoms with Gasteiger partial charge in [-0.15, -0.1) is 0 Å². The second-order valence-corrected chi connectivity index (χ2v) is 10.9. The molecule has 4 aromatic rings. The van der Waals surface area contributed by atoms with Crippen molar-refractivity contribution in [3.63, 3.8) is 0 Å². The molecule has 3 aromatic heterocycles. The van der Waals surface area contributed by atoms with E-state index in [1.54, 1.807) is 6.20 Å². The lowest BCUT2D eigenvalue weighted by Crippen LogP contribution is -2.29. The second kappa shape index (κ2) is 12.1. The maximum Gasteiger partial charge on any atom is 0.276 e. The normalized spacial score (nSPS) is 17.2. The van der Waals surface area contributed by atoms with E-state index in [1.165, 1.54) is 50.5 Å². The summed E-state index contributed by atoms with van der Waals surface area (Å²) in [6.45, 7) is 6.26. The first-order valence-electron chi connectivity index (χ1n) is 14.3. The van der Waals surface area contributed by atoms with Crippen LogP contribution in [0.5, 0.6) is 0 Å². The molecule has 1 aromatic carbocycles. The largest absolute Gasteiger partial charge is 0.320 e. The molecule has 2 saturated heterocycles. The van der Waals surface area contributed by atoms with Crippen LogP contribution in [0.1, 0.15) is 66.7 Å². The highest BCUT2D eigenvalue weighted by atomic mass is 16.1. The standard InChI is InChI=1S/C31H37N7O/c39-31(34-26-10-11-33-27(18-26)22-38-14-6-3-7-15-38)30-28-17-24(8-9-29(28)35-36-30)25-16-23(19-32-20-25)21-37-12-4-1-2-5-13-37/h8-11,16-20H,1-7,12-15,21-22H2,(H,35,36)(H,33,34,39). The lowest BCUT2D eigenvalue weighted by atomic mass is 10.0. The van der Waals surface area contributed by atoms with E-state index in [0.717, 1.165) is 72.7 Å². The van der Waals surface area contributed by atoms with Crippen molar-refractivity contribution in [2.75, 3.05) is 31.5 Å². The van der Waals surface area contributed by atoms with Gasteiger partial charge in [-0.2, -0.15) is 5.10 Å². The molecule has 6 rings (SSSR count). The van der Waals surface area contributed by atoms with Crippen molar-refractivity contribution in [2.24, 2.45) is 0 Å². The zero-order chi connectivity index (χ0) is 26.4. The molecular weight excluding hydrogens is 486 g/mol. The Morgan fingerprint density at radius 1 is 0.821 bits per heavy atom. The number of rotatable bonds is 7. The van der Waals surface area contributed by atoms with Gasteiger partial charge in [0.15, 0.2) is 5.69 Å². The number of aromatic nitrogens is 4. The van der Waals surface area contributed by atoms with Gasteiger partial charge in [0, 0.05) is 48.3 Å². The van der Waals surface area contributed by atoms with Gasteiger partial charge in [0.05, 0.1) is 11.2 Å². The zero-order valence-corrected chi connectivity index (χ0v) is 22.5. The summed E-state index contributed by atoms with van der Waals surface area (Å²) in [5.41, 5.74) is 6.21. The first-order chi connectivity index (χ1) is 19.2. The predicted molar refractivity (Wildman–Crippen MR) is 154 cm³/mol.